The Kier molecular flexibility index (Phi) is 7.70. The number of hydrogen-bond acceptors (Lipinski definition) is 0. The summed E-state index contributed by atoms with van der Waals surface area (Å²) in [5.41, 5.74) is 12.5. The Morgan fingerprint density at radius 1 is 0.157 bits per heavy atom. The molecule has 0 aliphatic carbocycles. The summed E-state index contributed by atoms with van der Waals surface area (Å²) >= 11 is 0. The topological polar surface area (TPSA) is 0 Å². The SMILES string of the molecule is c1ccc(-c2ccc3c(c2)cc2c4c(-c5ccccc5)c5cc6c(cc5c(-c5ccccc5)c4c4cccc3c42)c2cc3cc(-c4ccccc4-c4ccccc4)cc4ccc5ccc6c2c5c43)cc1. The maximum absolute atomic E-state index is 2.57. The summed E-state index contributed by atoms with van der Waals surface area (Å²) in [5, 5.41) is 26.2. The van der Waals surface area contributed by atoms with Gasteiger partial charge >= 0.3 is 0 Å². The average Bonchev–Trinajstić information content (AvgIpc) is 3.92. The van der Waals surface area contributed by atoms with Crippen LogP contribution in [0.4, 0.5) is 0 Å². The minimum Gasteiger partial charge on any atom is -0.0622 e. The lowest BCUT2D eigenvalue weighted by atomic mass is 9.85. The van der Waals surface area contributed by atoms with Crippen LogP contribution in [-0.4, -0.2) is 0 Å². The summed E-state index contributed by atoms with van der Waals surface area (Å²) in [5.74, 6) is 0. The lowest BCUT2D eigenvalue weighted by molar-refractivity contribution is 1.60. The molecular formula is C70H40. The van der Waals surface area contributed by atoms with E-state index in [2.05, 4.69) is 243 Å². The molecular weight excluding hydrogens is 841 g/mol. The van der Waals surface area contributed by atoms with E-state index in [1.165, 1.54) is 163 Å². The Balaban J connectivity index is 1.07. The van der Waals surface area contributed by atoms with E-state index >= 15 is 0 Å². The van der Waals surface area contributed by atoms with Crippen molar-refractivity contribution in [3.8, 4) is 55.6 Å². The van der Waals surface area contributed by atoms with Crippen LogP contribution in [-0.2, 0) is 0 Å². The summed E-state index contributed by atoms with van der Waals surface area (Å²) in [6.07, 6.45) is 0. The summed E-state index contributed by atoms with van der Waals surface area (Å²) < 4.78 is 0. The van der Waals surface area contributed by atoms with Gasteiger partial charge in [0.2, 0.25) is 0 Å². The highest BCUT2D eigenvalue weighted by Gasteiger charge is 2.27. The first-order valence-electron chi connectivity index (χ1n) is 24.5. The quantitative estimate of drug-likeness (QED) is 0.151. The first-order valence-corrected chi connectivity index (χ1v) is 24.5. The highest BCUT2D eigenvalue weighted by atomic mass is 14.3. The van der Waals surface area contributed by atoms with Crippen LogP contribution in [0.2, 0.25) is 0 Å². The van der Waals surface area contributed by atoms with Crippen LogP contribution in [0.3, 0.4) is 0 Å². The van der Waals surface area contributed by atoms with Crippen LogP contribution in [0, 0.1) is 0 Å². The monoisotopic (exact) mass is 880 g/mol. The van der Waals surface area contributed by atoms with Gasteiger partial charge in [-0.25, -0.2) is 0 Å². The van der Waals surface area contributed by atoms with Gasteiger partial charge in [0.15, 0.2) is 0 Å². The van der Waals surface area contributed by atoms with E-state index in [9.17, 15) is 0 Å². The van der Waals surface area contributed by atoms with Crippen molar-refractivity contribution in [1.82, 2.24) is 0 Å². The first kappa shape index (κ1) is 37.9. The molecule has 70 heavy (non-hydrogen) atoms. The van der Waals surface area contributed by atoms with E-state index in [1.54, 1.807) is 0 Å². The molecule has 0 nitrogen and oxygen atoms in total. The van der Waals surface area contributed by atoms with Crippen LogP contribution >= 0.6 is 0 Å². The molecule has 16 aromatic rings. The van der Waals surface area contributed by atoms with Crippen LogP contribution in [0.25, 0.3) is 163 Å². The highest BCUT2D eigenvalue weighted by molar-refractivity contribution is 6.45. The number of rotatable bonds is 5. The minimum atomic E-state index is 1.23. The van der Waals surface area contributed by atoms with Crippen molar-refractivity contribution >= 4 is 108 Å². The average molecular weight is 881 g/mol. The number of benzene rings is 14. The third-order valence-electron chi connectivity index (χ3n) is 15.8. The molecule has 0 aliphatic heterocycles. The predicted octanol–water partition coefficient (Wildman–Crippen LogP) is 19.9. The van der Waals surface area contributed by atoms with Crippen molar-refractivity contribution in [2.45, 2.75) is 0 Å². The Morgan fingerprint density at radius 3 is 1.36 bits per heavy atom. The third kappa shape index (κ3) is 5.20. The molecule has 320 valence electrons. The maximum atomic E-state index is 2.57. The Morgan fingerprint density at radius 2 is 0.657 bits per heavy atom. The van der Waals surface area contributed by atoms with Gasteiger partial charge in [-0.3, -0.25) is 0 Å². The molecule has 0 aromatic heterocycles. The molecule has 0 bridgehead atoms. The maximum Gasteiger partial charge on any atom is -0.000719 e. The number of hydrogen-bond donors (Lipinski definition) is 0. The van der Waals surface area contributed by atoms with Gasteiger partial charge in [0.05, 0.1) is 0 Å². The van der Waals surface area contributed by atoms with Crippen molar-refractivity contribution in [3.63, 3.8) is 0 Å². The first-order chi connectivity index (χ1) is 34.7. The van der Waals surface area contributed by atoms with Crippen LogP contribution in [0.15, 0.2) is 243 Å². The Hall–Kier alpha value is -9.10. The molecule has 0 saturated heterocycles. The van der Waals surface area contributed by atoms with Gasteiger partial charge < -0.3 is 0 Å². The summed E-state index contributed by atoms with van der Waals surface area (Å²) in [6, 6.07) is 91.4. The van der Waals surface area contributed by atoms with E-state index in [-0.39, 0.29) is 0 Å². The van der Waals surface area contributed by atoms with E-state index in [0.29, 0.717) is 0 Å². The zero-order valence-electron chi connectivity index (χ0n) is 38.1. The van der Waals surface area contributed by atoms with Crippen LogP contribution in [0.1, 0.15) is 0 Å². The Labute approximate surface area is 403 Å². The Bertz CT molecular complexity index is 4760. The van der Waals surface area contributed by atoms with Crippen molar-refractivity contribution in [3.05, 3.63) is 243 Å². The standard InChI is InChI=1S/C70H40/c1-5-16-41(17-6-1)46-31-32-53-49(34-46)37-62-67-54(53)26-15-27-56(67)69-64(43-20-9-3-10-21-43)61-40-58-57(39-60(61)65(70(62)69)44-22-11-4-12-23-44)55-33-30-45-28-29-47-35-48(36-50-38-59(58)68(55)66(45)63(47)50)52-25-14-13-24-51(52)42-18-7-2-8-19-42/h1-40H. The van der Waals surface area contributed by atoms with E-state index in [4.69, 9.17) is 0 Å². The van der Waals surface area contributed by atoms with Crippen LogP contribution < -0.4 is 0 Å². The van der Waals surface area contributed by atoms with E-state index < -0.39 is 0 Å². The van der Waals surface area contributed by atoms with Gasteiger partial charge in [-0.2, -0.15) is 0 Å². The molecule has 0 amide bonds. The molecule has 0 spiro atoms. The van der Waals surface area contributed by atoms with Gasteiger partial charge in [-0.05, 0) is 206 Å². The second kappa shape index (κ2) is 14.2. The second-order valence-corrected chi connectivity index (χ2v) is 19.4. The fourth-order valence-corrected chi connectivity index (χ4v) is 12.9. The summed E-state index contributed by atoms with van der Waals surface area (Å²) in [6.45, 7) is 0. The highest BCUT2D eigenvalue weighted by Crippen LogP contribution is 2.55. The molecule has 0 N–H and O–H groups in total. The lowest BCUT2D eigenvalue weighted by Crippen LogP contribution is -1.90. The zero-order valence-corrected chi connectivity index (χ0v) is 38.1. The molecule has 0 saturated carbocycles. The fraction of sp³-hybridized carbons (Fsp3) is 0. The lowest BCUT2D eigenvalue weighted by Gasteiger charge is -2.17. The third-order valence-corrected chi connectivity index (χ3v) is 15.8. The van der Waals surface area contributed by atoms with Crippen LogP contribution in [0.5, 0.6) is 0 Å². The fourth-order valence-electron chi connectivity index (χ4n) is 12.9. The molecule has 16 rings (SSSR count). The van der Waals surface area contributed by atoms with Crippen molar-refractivity contribution in [2.75, 3.05) is 0 Å². The predicted molar refractivity (Wildman–Crippen MR) is 302 cm³/mol. The molecule has 0 atom stereocenters. The van der Waals surface area contributed by atoms with Gasteiger partial charge in [0.1, 0.15) is 0 Å². The van der Waals surface area contributed by atoms with E-state index in [1.807, 2.05) is 0 Å². The zero-order chi connectivity index (χ0) is 45.6. The van der Waals surface area contributed by atoms with Crippen molar-refractivity contribution in [1.29, 1.82) is 0 Å². The minimum absolute atomic E-state index is 1.23. The molecule has 0 heterocycles. The van der Waals surface area contributed by atoms with Gasteiger partial charge in [0, 0.05) is 0 Å². The normalized spacial score (nSPS) is 12.3. The molecule has 0 aliphatic rings. The molecule has 0 fully saturated rings. The molecule has 16 aromatic carbocycles. The van der Waals surface area contributed by atoms with Crippen molar-refractivity contribution < 1.29 is 0 Å². The summed E-state index contributed by atoms with van der Waals surface area (Å²) in [7, 11) is 0. The largest absolute Gasteiger partial charge is 0.0622 e. The smallest absolute Gasteiger partial charge is 0.000719 e. The van der Waals surface area contributed by atoms with Crippen molar-refractivity contribution in [2.24, 2.45) is 0 Å². The van der Waals surface area contributed by atoms with Gasteiger partial charge in [0.25, 0.3) is 0 Å². The molecule has 0 radical (unpaired) electrons. The van der Waals surface area contributed by atoms with Gasteiger partial charge in [-0.15, -0.1) is 0 Å². The van der Waals surface area contributed by atoms with E-state index in [0.717, 1.165) is 0 Å². The summed E-state index contributed by atoms with van der Waals surface area (Å²) in [4.78, 5) is 0. The van der Waals surface area contributed by atoms with Gasteiger partial charge in [-0.1, -0.05) is 200 Å². The number of fused-ring (bicyclic) bond motifs is 9. The molecule has 0 heteroatoms. The second-order valence-electron chi connectivity index (χ2n) is 19.4. The molecule has 0 unspecified atom stereocenters.